The first-order valence-corrected chi connectivity index (χ1v) is 5.79. The van der Waals surface area contributed by atoms with Crippen molar-refractivity contribution < 1.29 is 23.1 Å². The van der Waals surface area contributed by atoms with E-state index in [0.717, 1.165) is 30.1 Å². The molecule has 1 aromatic rings. The monoisotopic (exact) mass is 262 g/mol. The third-order valence-corrected chi connectivity index (χ3v) is 3.21. The molecule has 1 fully saturated rings. The molecule has 4 nitrogen and oxygen atoms in total. The minimum absolute atomic E-state index is 0.344. The first-order valence-electron chi connectivity index (χ1n) is 5.79. The second kappa shape index (κ2) is 4.62. The van der Waals surface area contributed by atoms with Crippen molar-refractivity contribution >= 4 is 5.97 Å². The molecule has 18 heavy (non-hydrogen) atoms. The largest absolute Gasteiger partial charge is 0.478 e. The molecule has 0 saturated heterocycles. The van der Waals surface area contributed by atoms with Gasteiger partial charge in [0.15, 0.2) is 5.69 Å². The zero-order chi connectivity index (χ0) is 13.3. The summed E-state index contributed by atoms with van der Waals surface area (Å²) in [5, 5.41) is 12.4. The van der Waals surface area contributed by atoms with Crippen LogP contribution in [0, 0.1) is 0 Å². The van der Waals surface area contributed by atoms with Gasteiger partial charge >= 0.3 is 12.1 Å². The van der Waals surface area contributed by atoms with Crippen LogP contribution in [0.25, 0.3) is 0 Å². The summed E-state index contributed by atoms with van der Waals surface area (Å²) >= 11 is 0. The number of aromatic carboxylic acids is 1. The van der Waals surface area contributed by atoms with Crippen molar-refractivity contribution in [1.82, 2.24) is 9.78 Å². The Bertz CT molecular complexity index is 448. The van der Waals surface area contributed by atoms with Crippen LogP contribution in [0.2, 0.25) is 0 Å². The topological polar surface area (TPSA) is 55.1 Å². The van der Waals surface area contributed by atoms with Crippen molar-refractivity contribution in [3.63, 3.8) is 0 Å². The molecule has 7 heteroatoms. The Morgan fingerprint density at radius 3 is 2.44 bits per heavy atom. The lowest BCUT2D eigenvalue weighted by molar-refractivity contribution is -0.145. The van der Waals surface area contributed by atoms with E-state index in [1.807, 2.05) is 0 Å². The number of hydrogen-bond acceptors (Lipinski definition) is 2. The van der Waals surface area contributed by atoms with Crippen LogP contribution < -0.4 is 0 Å². The van der Waals surface area contributed by atoms with Crippen molar-refractivity contribution in [2.24, 2.45) is 0 Å². The molecule has 0 aromatic carbocycles. The second-order valence-electron chi connectivity index (χ2n) is 4.45. The fraction of sp³-hybridized carbons (Fsp3) is 0.636. The Morgan fingerprint density at radius 1 is 1.33 bits per heavy atom. The van der Waals surface area contributed by atoms with Crippen LogP contribution >= 0.6 is 0 Å². The van der Waals surface area contributed by atoms with E-state index in [9.17, 15) is 18.0 Å². The Kier molecular flexibility index (Phi) is 3.32. The van der Waals surface area contributed by atoms with E-state index < -0.39 is 23.4 Å². The fourth-order valence-electron chi connectivity index (χ4n) is 2.40. The second-order valence-corrected chi connectivity index (χ2v) is 4.45. The highest BCUT2D eigenvalue weighted by Crippen LogP contribution is 2.37. The van der Waals surface area contributed by atoms with Crippen LogP contribution in [-0.2, 0) is 6.18 Å². The minimum Gasteiger partial charge on any atom is -0.478 e. The first-order chi connectivity index (χ1) is 8.41. The lowest BCUT2D eigenvalue weighted by atomic mass is 9.95. The Labute approximate surface area is 101 Å². The van der Waals surface area contributed by atoms with Crippen LogP contribution in [0.4, 0.5) is 13.2 Å². The molecule has 2 rings (SSSR count). The smallest absolute Gasteiger partial charge is 0.433 e. The van der Waals surface area contributed by atoms with Gasteiger partial charge in [-0.1, -0.05) is 19.3 Å². The maximum absolute atomic E-state index is 12.9. The van der Waals surface area contributed by atoms with Crippen LogP contribution in [-0.4, -0.2) is 20.9 Å². The summed E-state index contributed by atoms with van der Waals surface area (Å²) in [5.74, 6) is -1.59. The number of nitrogens with zero attached hydrogens (tertiary/aromatic N) is 2. The average Bonchev–Trinajstić information content (AvgIpc) is 2.74. The molecule has 0 spiro atoms. The van der Waals surface area contributed by atoms with Crippen molar-refractivity contribution in [3.8, 4) is 0 Å². The van der Waals surface area contributed by atoms with Gasteiger partial charge in [-0.15, -0.1) is 0 Å². The molecule has 0 radical (unpaired) electrons. The quantitative estimate of drug-likeness (QED) is 0.890. The summed E-state index contributed by atoms with van der Waals surface area (Å²) in [6, 6.07) is -0.344. The van der Waals surface area contributed by atoms with Crippen molar-refractivity contribution in [3.05, 3.63) is 17.5 Å². The number of carboxylic acid groups (broad SMARTS) is 1. The first kappa shape index (κ1) is 12.9. The van der Waals surface area contributed by atoms with Gasteiger partial charge in [0.2, 0.25) is 0 Å². The van der Waals surface area contributed by atoms with Gasteiger partial charge in [0, 0.05) is 0 Å². The van der Waals surface area contributed by atoms with Gasteiger partial charge in [-0.05, 0) is 12.8 Å². The van der Waals surface area contributed by atoms with Crippen LogP contribution in [0.5, 0.6) is 0 Å². The summed E-state index contributed by atoms with van der Waals surface area (Å²) < 4.78 is 39.6. The molecule has 1 aliphatic carbocycles. The van der Waals surface area contributed by atoms with E-state index in [4.69, 9.17) is 5.11 Å². The predicted molar refractivity (Wildman–Crippen MR) is 56.3 cm³/mol. The van der Waals surface area contributed by atoms with Gasteiger partial charge in [-0.25, -0.2) is 4.79 Å². The van der Waals surface area contributed by atoms with Gasteiger partial charge in [-0.2, -0.15) is 18.3 Å². The van der Waals surface area contributed by atoms with Crippen LogP contribution in [0.3, 0.4) is 0 Å². The lowest BCUT2D eigenvalue weighted by Gasteiger charge is -2.24. The van der Waals surface area contributed by atoms with Gasteiger partial charge in [-0.3, -0.25) is 4.68 Å². The van der Waals surface area contributed by atoms with E-state index in [2.05, 4.69) is 5.10 Å². The molecule has 1 aromatic heterocycles. The molecule has 0 atom stereocenters. The Morgan fingerprint density at radius 2 is 1.94 bits per heavy atom. The molecule has 1 aliphatic rings. The third kappa shape index (κ3) is 2.34. The highest BCUT2D eigenvalue weighted by atomic mass is 19.4. The molecule has 0 bridgehead atoms. The molecular weight excluding hydrogens is 249 g/mol. The summed E-state index contributed by atoms with van der Waals surface area (Å²) in [5.41, 5.74) is -1.91. The van der Waals surface area contributed by atoms with Crippen molar-refractivity contribution in [1.29, 1.82) is 0 Å². The summed E-state index contributed by atoms with van der Waals surface area (Å²) in [7, 11) is 0. The highest BCUT2D eigenvalue weighted by Gasteiger charge is 2.41. The van der Waals surface area contributed by atoms with E-state index in [0.29, 0.717) is 12.8 Å². The number of carboxylic acids is 1. The molecule has 100 valence electrons. The summed E-state index contributed by atoms with van der Waals surface area (Å²) in [4.78, 5) is 10.8. The minimum atomic E-state index is -4.69. The summed E-state index contributed by atoms with van der Waals surface area (Å²) in [6.07, 6.45) is 0.0361. The predicted octanol–water partition coefficient (Wildman–Crippen LogP) is 3.11. The number of hydrogen-bond donors (Lipinski definition) is 1. The zero-order valence-corrected chi connectivity index (χ0v) is 9.57. The van der Waals surface area contributed by atoms with Crippen molar-refractivity contribution in [2.75, 3.05) is 0 Å². The molecule has 1 N–H and O–H groups in total. The molecular formula is C11H13F3N2O2. The molecule has 0 aliphatic heterocycles. The van der Waals surface area contributed by atoms with E-state index in [-0.39, 0.29) is 6.04 Å². The van der Waals surface area contributed by atoms with Gasteiger partial charge < -0.3 is 5.11 Å². The van der Waals surface area contributed by atoms with E-state index in [1.54, 1.807) is 0 Å². The molecule has 0 amide bonds. The maximum Gasteiger partial charge on any atom is 0.433 e. The van der Waals surface area contributed by atoms with Crippen LogP contribution in [0.15, 0.2) is 6.20 Å². The van der Waals surface area contributed by atoms with Gasteiger partial charge in [0.1, 0.15) is 5.56 Å². The van der Waals surface area contributed by atoms with E-state index in [1.165, 1.54) is 0 Å². The lowest BCUT2D eigenvalue weighted by Crippen LogP contribution is -2.23. The SMILES string of the molecule is O=C(O)c1cnn(C2CCCCC2)c1C(F)(F)F. The molecule has 1 saturated carbocycles. The number of carbonyl (C=O) groups is 1. The number of aromatic nitrogens is 2. The van der Waals surface area contributed by atoms with Gasteiger partial charge in [0.25, 0.3) is 0 Å². The maximum atomic E-state index is 12.9. The van der Waals surface area contributed by atoms with E-state index >= 15 is 0 Å². The molecule has 0 unspecified atom stereocenters. The number of alkyl halides is 3. The van der Waals surface area contributed by atoms with Crippen molar-refractivity contribution in [2.45, 2.75) is 44.3 Å². The normalized spacial score (nSPS) is 17.9. The number of halogens is 3. The zero-order valence-electron chi connectivity index (χ0n) is 9.57. The average molecular weight is 262 g/mol. The van der Waals surface area contributed by atoms with Crippen LogP contribution in [0.1, 0.15) is 54.2 Å². The molecule has 1 heterocycles. The third-order valence-electron chi connectivity index (χ3n) is 3.21. The van der Waals surface area contributed by atoms with Gasteiger partial charge in [0.05, 0.1) is 12.2 Å². The standard InChI is InChI=1S/C11H13F3N2O2/c12-11(13,14)9-8(10(17)18)6-15-16(9)7-4-2-1-3-5-7/h6-7H,1-5H2,(H,17,18). The fourth-order valence-corrected chi connectivity index (χ4v) is 2.40. The highest BCUT2D eigenvalue weighted by molar-refractivity contribution is 5.88. The Balaban J connectivity index is 2.44. The summed E-state index contributed by atoms with van der Waals surface area (Å²) in [6.45, 7) is 0. The number of rotatable bonds is 2. The Hall–Kier alpha value is -1.53.